The Hall–Kier alpha value is -1.18. The summed E-state index contributed by atoms with van der Waals surface area (Å²) in [5.41, 5.74) is 1.35. The van der Waals surface area contributed by atoms with Crippen molar-refractivity contribution in [3.8, 4) is 5.75 Å². The SMILES string of the molecule is C=N/N=C(/C)N(C)CC1CCN(Sc2ccc3c(c2)CCO3)CC1.CC.CS. The number of rotatable bonds is 5. The van der Waals surface area contributed by atoms with Crippen LogP contribution >= 0.6 is 24.6 Å². The summed E-state index contributed by atoms with van der Waals surface area (Å²) >= 11 is 5.41. The Morgan fingerprint density at radius 3 is 2.64 bits per heavy atom. The molecule has 5 nitrogen and oxygen atoms in total. The molecule has 0 radical (unpaired) electrons. The lowest BCUT2D eigenvalue weighted by molar-refractivity contribution is 0.254. The number of fused-ring (bicyclic) bond motifs is 1. The van der Waals surface area contributed by atoms with Gasteiger partial charge in [0.25, 0.3) is 0 Å². The van der Waals surface area contributed by atoms with Crippen LogP contribution in [0.5, 0.6) is 5.75 Å². The van der Waals surface area contributed by atoms with Gasteiger partial charge in [-0.25, -0.2) is 4.31 Å². The van der Waals surface area contributed by atoms with Gasteiger partial charge in [0.2, 0.25) is 0 Å². The molecular weight excluding hydrogens is 388 g/mol. The van der Waals surface area contributed by atoms with Crippen molar-refractivity contribution in [2.45, 2.75) is 44.9 Å². The van der Waals surface area contributed by atoms with E-state index in [1.807, 2.05) is 32.7 Å². The third-order valence-corrected chi connectivity index (χ3v) is 5.86. The summed E-state index contributed by atoms with van der Waals surface area (Å²) < 4.78 is 8.07. The van der Waals surface area contributed by atoms with Crippen LogP contribution in [0.15, 0.2) is 33.3 Å². The molecule has 2 aliphatic rings. The molecule has 0 N–H and O–H groups in total. The molecule has 7 heteroatoms. The minimum Gasteiger partial charge on any atom is -0.493 e. The van der Waals surface area contributed by atoms with E-state index in [1.54, 1.807) is 6.26 Å². The highest BCUT2D eigenvalue weighted by Gasteiger charge is 2.22. The maximum Gasteiger partial charge on any atom is 0.124 e. The van der Waals surface area contributed by atoms with Crippen LogP contribution in [-0.4, -0.2) is 61.3 Å². The first-order chi connectivity index (χ1) is 13.7. The van der Waals surface area contributed by atoms with Crippen LogP contribution < -0.4 is 4.74 Å². The fourth-order valence-electron chi connectivity index (χ4n) is 3.25. The van der Waals surface area contributed by atoms with Gasteiger partial charge in [-0.1, -0.05) is 13.8 Å². The first-order valence-electron chi connectivity index (χ1n) is 10.0. The largest absolute Gasteiger partial charge is 0.493 e. The van der Waals surface area contributed by atoms with Gasteiger partial charge in [-0.15, -0.1) is 5.10 Å². The molecule has 0 aliphatic carbocycles. The Labute approximate surface area is 181 Å². The highest BCUT2D eigenvalue weighted by atomic mass is 32.2. The molecule has 158 valence electrons. The molecule has 0 unspecified atom stereocenters. The van der Waals surface area contributed by atoms with E-state index in [0.29, 0.717) is 0 Å². The van der Waals surface area contributed by atoms with Crippen LogP contribution in [0.2, 0.25) is 0 Å². The van der Waals surface area contributed by atoms with E-state index in [1.165, 1.54) is 23.3 Å². The Morgan fingerprint density at radius 1 is 1.32 bits per heavy atom. The van der Waals surface area contributed by atoms with Gasteiger partial charge in [0.05, 0.1) is 6.61 Å². The molecule has 1 aromatic carbocycles. The van der Waals surface area contributed by atoms with E-state index in [-0.39, 0.29) is 0 Å². The molecule has 0 aromatic heterocycles. The predicted molar refractivity (Wildman–Crippen MR) is 127 cm³/mol. The number of hydrogen-bond acceptors (Lipinski definition) is 6. The third-order valence-electron chi connectivity index (χ3n) is 4.77. The molecule has 0 amide bonds. The summed E-state index contributed by atoms with van der Waals surface area (Å²) in [7, 11) is 2.08. The van der Waals surface area contributed by atoms with Gasteiger partial charge in [-0.3, -0.25) is 0 Å². The number of benzene rings is 1. The molecule has 0 bridgehead atoms. The molecule has 3 rings (SSSR count). The first-order valence-corrected chi connectivity index (χ1v) is 11.7. The summed E-state index contributed by atoms with van der Waals surface area (Å²) in [5, 5.41) is 7.63. The van der Waals surface area contributed by atoms with Crippen LogP contribution in [0, 0.1) is 5.92 Å². The minimum atomic E-state index is 0.718. The van der Waals surface area contributed by atoms with Gasteiger partial charge in [-0.2, -0.15) is 17.7 Å². The molecule has 1 saturated heterocycles. The molecule has 1 fully saturated rings. The van der Waals surface area contributed by atoms with Gasteiger partial charge in [0.15, 0.2) is 0 Å². The third kappa shape index (κ3) is 7.68. The van der Waals surface area contributed by atoms with Gasteiger partial charge in [0.1, 0.15) is 11.6 Å². The fraction of sp³-hybridized carbons (Fsp3) is 0.619. The second kappa shape index (κ2) is 13.9. The lowest BCUT2D eigenvalue weighted by Gasteiger charge is -2.33. The quantitative estimate of drug-likeness (QED) is 0.240. The summed E-state index contributed by atoms with van der Waals surface area (Å²) in [5.74, 6) is 2.71. The van der Waals surface area contributed by atoms with E-state index in [0.717, 1.165) is 50.2 Å². The number of ether oxygens (including phenoxy) is 1. The zero-order chi connectivity index (χ0) is 20.9. The number of thiol groups is 1. The van der Waals surface area contributed by atoms with E-state index in [2.05, 4.69) is 64.0 Å². The highest BCUT2D eigenvalue weighted by Crippen LogP contribution is 2.33. The molecule has 0 saturated carbocycles. The molecular formula is C21H36N4OS2. The van der Waals surface area contributed by atoms with Crippen molar-refractivity contribution in [2.75, 3.05) is 39.5 Å². The molecule has 28 heavy (non-hydrogen) atoms. The predicted octanol–water partition coefficient (Wildman–Crippen LogP) is 4.88. The summed E-state index contributed by atoms with van der Waals surface area (Å²) in [4.78, 5) is 3.51. The van der Waals surface area contributed by atoms with E-state index in [9.17, 15) is 0 Å². The highest BCUT2D eigenvalue weighted by molar-refractivity contribution is 7.97. The molecule has 0 atom stereocenters. The Bertz CT molecular complexity index is 616. The smallest absolute Gasteiger partial charge is 0.124 e. The van der Waals surface area contributed by atoms with Crippen molar-refractivity contribution in [1.82, 2.24) is 9.21 Å². The molecule has 2 aliphatic heterocycles. The Morgan fingerprint density at radius 2 is 2.00 bits per heavy atom. The van der Waals surface area contributed by atoms with Crippen molar-refractivity contribution < 1.29 is 4.74 Å². The van der Waals surface area contributed by atoms with Crippen molar-refractivity contribution in [3.63, 3.8) is 0 Å². The van der Waals surface area contributed by atoms with Gasteiger partial charge >= 0.3 is 0 Å². The van der Waals surface area contributed by atoms with Gasteiger partial charge < -0.3 is 9.64 Å². The standard InChI is InChI=1S/C18H26N4OS.C2H6.CH4S/c1-14(20-19-2)21(3)13-15-6-9-22(10-7-15)24-17-4-5-18-16(12-17)8-11-23-18;2*1-2/h4-5,12,15H,2,6-11,13H2,1,3H3;1-2H3;2H,1H3/b20-14-;;. The fourth-order valence-corrected chi connectivity index (χ4v) is 4.27. The average molecular weight is 425 g/mol. The first kappa shape index (κ1) is 24.9. The topological polar surface area (TPSA) is 40.4 Å². The van der Waals surface area contributed by atoms with Gasteiger partial charge in [-0.05, 0) is 67.6 Å². The van der Waals surface area contributed by atoms with Crippen LogP contribution in [0.25, 0.3) is 0 Å². The van der Waals surface area contributed by atoms with Crippen LogP contribution in [0.1, 0.15) is 39.2 Å². The van der Waals surface area contributed by atoms with Crippen LogP contribution in [0.3, 0.4) is 0 Å². The zero-order valence-corrected chi connectivity index (χ0v) is 19.7. The Balaban J connectivity index is 0.000000921. The lowest BCUT2D eigenvalue weighted by atomic mass is 9.98. The summed E-state index contributed by atoms with van der Waals surface area (Å²) in [6.07, 6.45) is 5.18. The number of amidine groups is 1. The van der Waals surface area contributed by atoms with E-state index < -0.39 is 0 Å². The maximum absolute atomic E-state index is 5.58. The van der Waals surface area contributed by atoms with E-state index >= 15 is 0 Å². The zero-order valence-electron chi connectivity index (χ0n) is 18.0. The van der Waals surface area contributed by atoms with Crippen molar-refractivity contribution >= 4 is 37.1 Å². The normalized spacial score (nSPS) is 16.7. The number of hydrogen-bond donors (Lipinski definition) is 1. The van der Waals surface area contributed by atoms with Crippen molar-refractivity contribution in [1.29, 1.82) is 0 Å². The maximum atomic E-state index is 5.58. The average Bonchev–Trinajstić information content (AvgIpc) is 3.20. The molecule has 0 spiro atoms. The molecule has 2 heterocycles. The van der Waals surface area contributed by atoms with Crippen LogP contribution in [0.4, 0.5) is 0 Å². The van der Waals surface area contributed by atoms with Crippen molar-refractivity contribution in [2.24, 2.45) is 16.1 Å². The van der Waals surface area contributed by atoms with Gasteiger partial charge in [0, 0.05) is 44.7 Å². The second-order valence-electron chi connectivity index (χ2n) is 6.50. The second-order valence-corrected chi connectivity index (χ2v) is 7.67. The Kier molecular flexibility index (Phi) is 12.3. The molecule has 1 aromatic rings. The van der Waals surface area contributed by atoms with Crippen LogP contribution in [-0.2, 0) is 6.42 Å². The van der Waals surface area contributed by atoms with E-state index in [4.69, 9.17) is 4.74 Å². The minimum absolute atomic E-state index is 0.718. The number of piperidine rings is 1. The van der Waals surface area contributed by atoms with Crippen molar-refractivity contribution in [3.05, 3.63) is 23.8 Å². The number of nitrogens with zero attached hydrogens (tertiary/aromatic N) is 4. The lowest BCUT2D eigenvalue weighted by Crippen LogP contribution is -2.36. The summed E-state index contributed by atoms with van der Waals surface area (Å²) in [6.45, 7) is 13.5. The summed E-state index contributed by atoms with van der Waals surface area (Å²) in [6, 6.07) is 6.58. The monoisotopic (exact) mass is 424 g/mol.